The van der Waals surface area contributed by atoms with Gasteiger partial charge in [-0.2, -0.15) is 0 Å². The minimum absolute atomic E-state index is 0.469. The van der Waals surface area contributed by atoms with Crippen LogP contribution in [0.2, 0.25) is 0 Å². The minimum Gasteiger partial charge on any atom is -0.382 e. The third-order valence-electron chi connectivity index (χ3n) is 3.63. The van der Waals surface area contributed by atoms with Crippen LogP contribution in [-0.4, -0.2) is 19.3 Å². The SMILES string of the molecule is COC1CCC(Nc2cccc(Br)c2C)CC1. The van der Waals surface area contributed by atoms with Crippen molar-refractivity contribution >= 4 is 21.6 Å². The summed E-state index contributed by atoms with van der Waals surface area (Å²) in [5.41, 5.74) is 2.54. The molecule has 1 N–H and O–H groups in total. The highest BCUT2D eigenvalue weighted by molar-refractivity contribution is 9.10. The van der Waals surface area contributed by atoms with E-state index in [1.807, 2.05) is 7.11 Å². The summed E-state index contributed by atoms with van der Waals surface area (Å²) in [6, 6.07) is 6.92. The predicted octanol–water partition coefficient (Wildman–Crippen LogP) is 4.13. The van der Waals surface area contributed by atoms with Crippen LogP contribution in [0.15, 0.2) is 22.7 Å². The van der Waals surface area contributed by atoms with Gasteiger partial charge in [-0.05, 0) is 50.3 Å². The molecule has 1 fully saturated rings. The number of nitrogens with one attached hydrogen (secondary N) is 1. The molecular weight excluding hydrogens is 278 g/mol. The Kier molecular flexibility index (Phi) is 4.46. The van der Waals surface area contributed by atoms with Crippen molar-refractivity contribution in [3.05, 3.63) is 28.2 Å². The maximum absolute atomic E-state index is 5.40. The molecular formula is C14H20BrNO. The van der Waals surface area contributed by atoms with Crippen LogP contribution in [0.1, 0.15) is 31.2 Å². The Hall–Kier alpha value is -0.540. The van der Waals surface area contributed by atoms with Gasteiger partial charge in [0.1, 0.15) is 0 Å². The molecule has 0 radical (unpaired) electrons. The first-order chi connectivity index (χ1) is 8.20. The highest BCUT2D eigenvalue weighted by Gasteiger charge is 2.20. The van der Waals surface area contributed by atoms with Crippen LogP contribution in [0, 0.1) is 6.92 Å². The lowest BCUT2D eigenvalue weighted by molar-refractivity contribution is 0.0682. The van der Waals surface area contributed by atoms with Crippen molar-refractivity contribution in [2.75, 3.05) is 12.4 Å². The van der Waals surface area contributed by atoms with Crippen LogP contribution in [0.3, 0.4) is 0 Å². The molecule has 94 valence electrons. The molecule has 0 aliphatic heterocycles. The Morgan fingerprint density at radius 3 is 2.59 bits per heavy atom. The molecule has 0 heterocycles. The second kappa shape index (κ2) is 5.87. The van der Waals surface area contributed by atoms with Gasteiger partial charge >= 0.3 is 0 Å². The summed E-state index contributed by atoms with van der Waals surface area (Å²) < 4.78 is 6.57. The first-order valence-electron chi connectivity index (χ1n) is 6.25. The van der Waals surface area contributed by atoms with E-state index < -0.39 is 0 Å². The summed E-state index contributed by atoms with van der Waals surface area (Å²) in [5, 5.41) is 3.65. The fourth-order valence-corrected chi connectivity index (χ4v) is 2.79. The number of hydrogen-bond donors (Lipinski definition) is 1. The lowest BCUT2D eigenvalue weighted by Crippen LogP contribution is -2.29. The number of halogens is 1. The number of benzene rings is 1. The van der Waals surface area contributed by atoms with Gasteiger partial charge in [0.2, 0.25) is 0 Å². The van der Waals surface area contributed by atoms with Crippen molar-refractivity contribution in [2.24, 2.45) is 0 Å². The van der Waals surface area contributed by atoms with E-state index in [0.717, 1.165) is 0 Å². The summed E-state index contributed by atoms with van der Waals surface area (Å²) >= 11 is 3.57. The normalized spacial score (nSPS) is 24.6. The van der Waals surface area contributed by atoms with Crippen molar-refractivity contribution in [3.63, 3.8) is 0 Å². The minimum atomic E-state index is 0.469. The molecule has 1 aliphatic carbocycles. The van der Waals surface area contributed by atoms with Crippen LogP contribution < -0.4 is 5.32 Å². The van der Waals surface area contributed by atoms with E-state index in [0.29, 0.717) is 12.1 Å². The van der Waals surface area contributed by atoms with Gasteiger partial charge in [0.25, 0.3) is 0 Å². The zero-order valence-electron chi connectivity index (χ0n) is 10.5. The Labute approximate surface area is 112 Å². The van der Waals surface area contributed by atoms with Gasteiger partial charge in [0.15, 0.2) is 0 Å². The molecule has 0 atom stereocenters. The molecule has 1 aromatic carbocycles. The monoisotopic (exact) mass is 297 g/mol. The van der Waals surface area contributed by atoms with Crippen LogP contribution in [0.25, 0.3) is 0 Å². The first kappa shape index (κ1) is 12.9. The fraction of sp³-hybridized carbons (Fsp3) is 0.571. The number of anilines is 1. The molecule has 3 heteroatoms. The molecule has 0 aromatic heterocycles. The number of hydrogen-bond acceptors (Lipinski definition) is 2. The molecule has 1 aromatic rings. The van der Waals surface area contributed by atoms with Crippen molar-refractivity contribution in [1.82, 2.24) is 0 Å². The topological polar surface area (TPSA) is 21.3 Å². The lowest BCUT2D eigenvalue weighted by atomic mass is 9.92. The summed E-state index contributed by atoms with van der Waals surface area (Å²) in [7, 11) is 1.82. The molecule has 17 heavy (non-hydrogen) atoms. The molecule has 1 saturated carbocycles. The Morgan fingerprint density at radius 2 is 1.94 bits per heavy atom. The van der Waals surface area contributed by atoms with Crippen molar-refractivity contribution in [2.45, 2.75) is 44.8 Å². The standard InChI is InChI=1S/C14H20BrNO/c1-10-13(15)4-3-5-14(10)16-11-6-8-12(17-2)9-7-11/h3-5,11-12,16H,6-9H2,1-2H3. The summed E-state index contributed by atoms with van der Waals surface area (Å²) in [4.78, 5) is 0. The largest absolute Gasteiger partial charge is 0.382 e. The van der Waals surface area contributed by atoms with Gasteiger partial charge in [-0.3, -0.25) is 0 Å². The fourth-order valence-electron chi connectivity index (χ4n) is 2.43. The summed E-state index contributed by atoms with van der Waals surface area (Å²) in [6.45, 7) is 2.15. The van der Waals surface area contributed by atoms with Crippen molar-refractivity contribution in [1.29, 1.82) is 0 Å². The van der Waals surface area contributed by atoms with Gasteiger partial charge in [-0.25, -0.2) is 0 Å². The number of ether oxygens (including phenoxy) is 1. The highest BCUT2D eigenvalue weighted by atomic mass is 79.9. The van der Waals surface area contributed by atoms with Gasteiger partial charge in [-0.1, -0.05) is 22.0 Å². The average molecular weight is 298 g/mol. The third kappa shape index (κ3) is 3.23. The molecule has 1 aliphatic rings. The van der Waals surface area contributed by atoms with E-state index in [9.17, 15) is 0 Å². The summed E-state index contributed by atoms with van der Waals surface area (Å²) in [6.07, 6.45) is 5.20. The van der Waals surface area contributed by atoms with E-state index >= 15 is 0 Å². The average Bonchev–Trinajstić information content (AvgIpc) is 2.36. The molecule has 0 spiro atoms. The number of methoxy groups -OCH3 is 1. The molecule has 0 amide bonds. The van der Waals surface area contributed by atoms with E-state index in [1.54, 1.807) is 0 Å². The second-order valence-electron chi connectivity index (χ2n) is 4.77. The third-order valence-corrected chi connectivity index (χ3v) is 4.49. The Balaban J connectivity index is 1.95. The highest BCUT2D eigenvalue weighted by Crippen LogP contribution is 2.28. The van der Waals surface area contributed by atoms with Gasteiger partial charge in [-0.15, -0.1) is 0 Å². The summed E-state index contributed by atoms with van der Waals surface area (Å²) in [5.74, 6) is 0. The Bertz CT molecular complexity index is 372. The molecule has 0 bridgehead atoms. The predicted molar refractivity (Wildman–Crippen MR) is 75.6 cm³/mol. The van der Waals surface area contributed by atoms with Gasteiger partial charge < -0.3 is 10.1 Å². The van der Waals surface area contributed by atoms with Crippen molar-refractivity contribution in [3.8, 4) is 0 Å². The van der Waals surface area contributed by atoms with E-state index in [-0.39, 0.29) is 0 Å². The van der Waals surface area contributed by atoms with E-state index in [1.165, 1.54) is 41.4 Å². The first-order valence-corrected chi connectivity index (χ1v) is 7.04. The second-order valence-corrected chi connectivity index (χ2v) is 5.62. The number of rotatable bonds is 3. The van der Waals surface area contributed by atoms with Gasteiger partial charge in [0.05, 0.1) is 6.10 Å². The maximum atomic E-state index is 5.40. The molecule has 0 saturated heterocycles. The molecule has 2 nitrogen and oxygen atoms in total. The smallest absolute Gasteiger partial charge is 0.0572 e. The van der Waals surface area contributed by atoms with Crippen LogP contribution in [0.4, 0.5) is 5.69 Å². The maximum Gasteiger partial charge on any atom is 0.0572 e. The van der Waals surface area contributed by atoms with Crippen LogP contribution in [-0.2, 0) is 4.74 Å². The van der Waals surface area contributed by atoms with Gasteiger partial charge in [0, 0.05) is 23.3 Å². The lowest BCUT2D eigenvalue weighted by Gasteiger charge is -2.29. The quantitative estimate of drug-likeness (QED) is 0.906. The Morgan fingerprint density at radius 1 is 1.24 bits per heavy atom. The van der Waals surface area contributed by atoms with E-state index in [4.69, 9.17) is 4.74 Å². The van der Waals surface area contributed by atoms with Crippen molar-refractivity contribution < 1.29 is 4.74 Å². The van der Waals surface area contributed by atoms with E-state index in [2.05, 4.69) is 46.4 Å². The zero-order chi connectivity index (χ0) is 12.3. The van der Waals surface area contributed by atoms with Crippen LogP contribution >= 0.6 is 15.9 Å². The van der Waals surface area contributed by atoms with Crippen LogP contribution in [0.5, 0.6) is 0 Å². The zero-order valence-corrected chi connectivity index (χ0v) is 12.1. The molecule has 0 unspecified atom stereocenters. The molecule has 2 rings (SSSR count).